The monoisotopic (exact) mass is 270 g/mol. The van der Waals surface area contributed by atoms with Crippen LogP contribution in [0.15, 0.2) is 18.2 Å². The molecule has 0 aromatic heterocycles. The van der Waals surface area contributed by atoms with E-state index in [0.29, 0.717) is 16.6 Å². The number of ether oxygens (including phenoxy) is 1. The zero-order chi connectivity index (χ0) is 13.5. The number of benzene rings is 1. The van der Waals surface area contributed by atoms with Gasteiger partial charge in [0.25, 0.3) is 0 Å². The maximum absolute atomic E-state index is 5.93. The number of nitrogens with zero attached hydrogens (tertiary/aromatic N) is 1. The van der Waals surface area contributed by atoms with E-state index >= 15 is 0 Å². The summed E-state index contributed by atoms with van der Waals surface area (Å²) in [7, 11) is 1.73. The Bertz CT molecular complexity index is 369. The van der Waals surface area contributed by atoms with Crippen LogP contribution in [0.5, 0.6) is 0 Å². The Morgan fingerprint density at radius 2 is 2.11 bits per heavy atom. The van der Waals surface area contributed by atoms with Crippen molar-refractivity contribution < 1.29 is 4.74 Å². The molecule has 18 heavy (non-hydrogen) atoms. The fourth-order valence-corrected chi connectivity index (χ4v) is 2.04. The molecule has 102 valence electrons. The normalized spacial score (nSPS) is 11.4. The summed E-state index contributed by atoms with van der Waals surface area (Å²) < 4.78 is 5.15. The van der Waals surface area contributed by atoms with Crippen molar-refractivity contribution in [3.63, 3.8) is 0 Å². The molecule has 4 heteroatoms. The molecule has 0 fully saturated rings. The Labute approximate surface area is 115 Å². The molecule has 1 aromatic rings. The van der Waals surface area contributed by atoms with Gasteiger partial charge in [0.2, 0.25) is 0 Å². The van der Waals surface area contributed by atoms with Crippen molar-refractivity contribution in [2.45, 2.75) is 20.4 Å². The van der Waals surface area contributed by atoms with Gasteiger partial charge in [-0.3, -0.25) is 4.90 Å². The molecule has 0 aliphatic rings. The largest absolute Gasteiger partial charge is 0.398 e. The molecule has 0 unspecified atom stereocenters. The Balaban J connectivity index is 2.65. The van der Waals surface area contributed by atoms with Gasteiger partial charge in [-0.25, -0.2) is 0 Å². The summed E-state index contributed by atoms with van der Waals surface area (Å²) in [6.07, 6.45) is 0. The predicted molar refractivity (Wildman–Crippen MR) is 77.9 cm³/mol. The number of nitrogen functional groups attached to an aromatic ring is 1. The lowest BCUT2D eigenvalue weighted by Crippen LogP contribution is -2.30. The quantitative estimate of drug-likeness (QED) is 0.774. The number of hydrogen-bond acceptors (Lipinski definition) is 3. The highest BCUT2D eigenvalue weighted by molar-refractivity contribution is 6.33. The second kappa shape index (κ2) is 7.62. The van der Waals surface area contributed by atoms with Crippen LogP contribution in [0.3, 0.4) is 0 Å². The molecule has 0 aliphatic heterocycles. The number of halogens is 1. The average molecular weight is 271 g/mol. The Kier molecular flexibility index (Phi) is 6.47. The molecule has 0 saturated heterocycles. The first-order valence-electron chi connectivity index (χ1n) is 6.28. The van der Waals surface area contributed by atoms with E-state index in [9.17, 15) is 0 Å². The van der Waals surface area contributed by atoms with Gasteiger partial charge in [-0.2, -0.15) is 0 Å². The molecule has 0 atom stereocenters. The maximum Gasteiger partial charge on any atom is 0.0635 e. The summed E-state index contributed by atoms with van der Waals surface area (Å²) in [6, 6.07) is 5.83. The summed E-state index contributed by atoms with van der Waals surface area (Å²) in [5, 5.41) is 0.617. The molecule has 0 bridgehead atoms. The zero-order valence-corrected chi connectivity index (χ0v) is 12.2. The number of methoxy groups -OCH3 is 1. The molecule has 1 aromatic carbocycles. The average Bonchev–Trinajstić information content (AvgIpc) is 2.30. The second-order valence-electron chi connectivity index (χ2n) is 4.98. The molecule has 0 amide bonds. The van der Waals surface area contributed by atoms with Gasteiger partial charge >= 0.3 is 0 Å². The Morgan fingerprint density at radius 3 is 2.67 bits per heavy atom. The van der Waals surface area contributed by atoms with Crippen molar-refractivity contribution in [3.05, 3.63) is 28.8 Å². The van der Waals surface area contributed by atoms with Crippen molar-refractivity contribution in [2.75, 3.05) is 32.5 Å². The van der Waals surface area contributed by atoms with Crippen LogP contribution in [0.4, 0.5) is 5.69 Å². The van der Waals surface area contributed by atoms with Gasteiger partial charge in [-0.15, -0.1) is 0 Å². The van der Waals surface area contributed by atoms with Crippen LogP contribution in [0.2, 0.25) is 5.02 Å². The second-order valence-corrected chi connectivity index (χ2v) is 5.38. The van der Waals surface area contributed by atoms with E-state index in [1.165, 1.54) is 5.56 Å². The van der Waals surface area contributed by atoms with E-state index in [-0.39, 0.29) is 0 Å². The van der Waals surface area contributed by atoms with Crippen LogP contribution in [-0.4, -0.2) is 31.7 Å². The first-order valence-corrected chi connectivity index (χ1v) is 6.66. The van der Waals surface area contributed by atoms with Gasteiger partial charge in [0.1, 0.15) is 0 Å². The fourth-order valence-electron chi connectivity index (χ4n) is 1.92. The lowest BCUT2D eigenvalue weighted by Gasteiger charge is -2.24. The lowest BCUT2D eigenvalue weighted by molar-refractivity contribution is 0.136. The van der Waals surface area contributed by atoms with Crippen LogP contribution in [0, 0.1) is 5.92 Å². The third-order valence-corrected chi connectivity index (χ3v) is 3.05. The molecule has 3 nitrogen and oxygen atoms in total. The van der Waals surface area contributed by atoms with Crippen molar-refractivity contribution in [1.29, 1.82) is 0 Å². The third kappa shape index (κ3) is 5.25. The van der Waals surface area contributed by atoms with Crippen molar-refractivity contribution in [1.82, 2.24) is 4.90 Å². The van der Waals surface area contributed by atoms with Crippen LogP contribution in [0.25, 0.3) is 0 Å². The topological polar surface area (TPSA) is 38.5 Å². The van der Waals surface area contributed by atoms with Gasteiger partial charge in [0.05, 0.1) is 17.3 Å². The van der Waals surface area contributed by atoms with Crippen LogP contribution < -0.4 is 5.73 Å². The highest BCUT2D eigenvalue weighted by Gasteiger charge is 2.09. The molecule has 1 rings (SSSR count). The highest BCUT2D eigenvalue weighted by Crippen LogP contribution is 2.20. The van der Waals surface area contributed by atoms with E-state index in [2.05, 4.69) is 18.7 Å². The van der Waals surface area contributed by atoms with Crippen molar-refractivity contribution >= 4 is 17.3 Å². The lowest BCUT2D eigenvalue weighted by atomic mass is 10.1. The van der Waals surface area contributed by atoms with Crippen LogP contribution >= 0.6 is 11.6 Å². The molecule has 0 heterocycles. The minimum absolute atomic E-state index is 0.617. The molecule has 0 aliphatic carbocycles. The molecular formula is C14H23ClN2O. The SMILES string of the molecule is COCCN(Cc1ccc(Cl)c(N)c1)CC(C)C. The zero-order valence-electron chi connectivity index (χ0n) is 11.4. The summed E-state index contributed by atoms with van der Waals surface area (Å²) >= 11 is 5.93. The first kappa shape index (κ1) is 15.3. The van der Waals surface area contributed by atoms with Crippen molar-refractivity contribution in [3.8, 4) is 0 Å². The van der Waals surface area contributed by atoms with E-state index < -0.39 is 0 Å². The van der Waals surface area contributed by atoms with Crippen LogP contribution in [-0.2, 0) is 11.3 Å². The summed E-state index contributed by atoms with van der Waals surface area (Å²) in [5.74, 6) is 0.631. The van der Waals surface area contributed by atoms with Gasteiger partial charge in [-0.1, -0.05) is 31.5 Å². The number of anilines is 1. The number of hydrogen-bond donors (Lipinski definition) is 1. The minimum Gasteiger partial charge on any atom is -0.398 e. The van der Waals surface area contributed by atoms with Gasteiger partial charge in [-0.05, 0) is 23.6 Å². The first-order chi connectivity index (χ1) is 8.52. The standard InChI is InChI=1S/C14H23ClN2O/c1-11(2)9-17(6-7-18-3)10-12-4-5-13(15)14(16)8-12/h4-5,8,11H,6-7,9-10,16H2,1-3H3. The smallest absolute Gasteiger partial charge is 0.0635 e. The Hall–Kier alpha value is -0.770. The highest BCUT2D eigenvalue weighted by atomic mass is 35.5. The minimum atomic E-state index is 0.617. The maximum atomic E-state index is 5.93. The molecule has 0 spiro atoms. The predicted octanol–water partition coefficient (Wildman–Crippen LogP) is 3.03. The van der Waals surface area contributed by atoms with Gasteiger partial charge < -0.3 is 10.5 Å². The molecule has 0 radical (unpaired) electrons. The number of rotatable bonds is 7. The van der Waals surface area contributed by atoms with E-state index in [4.69, 9.17) is 22.1 Å². The van der Waals surface area contributed by atoms with Gasteiger partial charge in [0, 0.05) is 26.7 Å². The van der Waals surface area contributed by atoms with E-state index in [0.717, 1.165) is 26.2 Å². The van der Waals surface area contributed by atoms with Gasteiger partial charge in [0.15, 0.2) is 0 Å². The molecule has 2 N–H and O–H groups in total. The third-order valence-electron chi connectivity index (χ3n) is 2.70. The summed E-state index contributed by atoms with van der Waals surface area (Å²) in [5.41, 5.74) is 7.66. The number of nitrogens with two attached hydrogens (primary N) is 1. The fraction of sp³-hybridized carbons (Fsp3) is 0.571. The summed E-state index contributed by atoms with van der Waals surface area (Å²) in [4.78, 5) is 2.37. The molecule has 0 saturated carbocycles. The van der Waals surface area contributed by atoms with E-state index in [1.54, 1.807) is 7.11 Å². The summed E-state index contributed by atoms with van der Waals surface area (Å²) in [6.45, 7) is 8.04. The van der Waals surface area contributed by atoms with Crippen LogP contribution in [0.1, 0.15) is 19.4 Å². The molecular weight excluding hydrogens is 248 g/mol. The van der Waals surface area contributed by atoms with E-state index in [1.807, 2.05) is 18.2 Å². The van der Waals surface area contributed by atoms with Crippen molar-refractivity contribution in [2.24, 2.45) is 5.92 Å². The Morgan fingerprint density at radius 1 is 1.39 bits per heavy atom.